The summed E-state index contributed by atoms with van der Waals surface area (Å²) in [5.74, 6) is 0. The average molecular weight is 197 g/mol. The van der Waals surface area contributed by atoms with Gasteiger partial charge in [0, 0.05) is 11.9 Å². The topological polar surface area (TPSA) is 12.4 Å². The molecule has 0 unspecified atom stereocenters. The summed E-state index contributed by atoms with van der Waals surface area (Å²) < 4.78 is 1.10. The molecule has 3 heteroatoms. The second-order valence-corrected chi connectivity index (χ2v) is 4.22. The van der Waals surface area contributed by atoms with E-state index in [9.17, 15) is 0 Å². The Morgan fingerprint density at radius 2 is 1.92 bits per heavy atom. The normalized spacial score (nSPS) is 11.7. The molecular formula is C9H11NS2. The maximum atomic E-state index is 4.14. The third-order valence-electron chi connectivity index (χ3n) is 1.31. The van der Waals surface area contributed by atoms with Crippen molar-refractivity contribution in [1.29, 1.82) is 0 Å². The predicted molar refractivity (Wildman–Crippen MR) is 59.2 cm³/mol. The lowest BCUT2D eigenvalue weighted by atomic mass is 10.4. The molecule has 0 bridgehead atoms. The highest BCUT2D eigenvalue weighted by atomic mass is 32.2. The van der Waals surface area contributed by atoms with Crippen LogP contribution in [0.5, 0.6) is 0 Å². The number of hydrogen-bond donors (Lipinski definition) is 0. The Hall–Kier alpha value is -0.410. The zero-order chi connectivity index (χ0) is 8.81. The van der Waals surface area contributed by atoms with Crippen LogP contribution in [0, 0.1) is 0 Å². The third kappa shape index (κ3) is 2.91. The number of rotatable bonds is 1. The highest BCUT2D eigenvalue weighted by Crippen LogP contribution is 2.23. The first kappa shape index (κ1) is 9.68. The summed E-state index contributed by atoms with van der Waals surface area (Å²) in [6, 6.07) is 10.3. The highest BCUT2D eigenvalue weighted by molar-refractivity contribution is 8.38. The standard InChI is InChI=1S/C9H11NS2/c1-10-9(11-2)12-8-6-4-3-5-7-8/h3-7H,1-2H3. The summed E-state index contributed by atoms with van der Waals surface area (Å²) in [5.41, 5.74) is 0. The molecule has 0 N–H and O–H groups in total. The zero-order valence-electron chi connectivity index (χ0n) is 7.15. The maximum absolute atomic E-state index is 4.14. The first-order valence-electron chi connectivity index (χ1n) is 3.60. The minimum Gasteiger partial charge on any atom is -0.275 e. The lowest BCUT2D eigenvalue weighted by Crippen LogP contribution is -1.82. The van der Waals surface area contributed by atoms with Crippen molar-refractivity contribution in [2.75, 3.05) is 13.3 Å². The van der Waals surface area contributed by atoms with Crippen LogP contribution in [0.3, 0.4) is 0 Å². The molecule has 0 radical (unpaired) electrons. The molecule has 0 aliphatic rings. The lowest BCUT2D eigenvalue weighted by molar-refractivity contribution is 1.46. The summed E-state index contributed by atoms with van der Waals surface area (Å²) in [4.78, 5) is 5.39. The minimum absolute atomic E-state index is 1.10. The van der Waals surface area contributed by atoms with E-state index in [0.717, 1.165) is 4.38 Å². The molecule has 0 aromatic heterocycles. The third-order valence-corrected chi connectivity index (χ3v) is 3.45. The van der Waals surface area contributed by atoms with Crippen molar-refractivity contribution in [3.05, 3.63) is 30.3 Å². The molecule has 0 amide bonds. The van der Waals surface area contributed by atoms with E-state index in [-0.39, 0.29) is 0 Å². The molecule has 0 saturated heterocycles. The van der Waals surface area contributed by atoms with E-state index >= 15 is 0 Å². The predicted octanol–water partition coefficient (Wildman–Crippen LogP) is 3.13. The van der Waals surface area contributed by atoms with Crippen molar-refractivity contribution < 1.29 is 0 Å². The molecule has 1 nitrogen and oxygen atoms in total. The van der Waals surface area contributed by atoms with Crippen molar-refractivity contribution in [1.82, 2.24) is 0 Å². The van der Waals surface area contributed by atoms with Crippen LogP contribution in [0.2, 0.25) is 0 Å². The molecule has 0 heterocycles. The number of aliphatic imine (C=N–C) groups is 1. The zero-order valence-corrected chi connectivity index (χ0v) is 8.78. The Balaban J connectivity index is 2.64. The van der Waals surface area contributed by atoms with Crippen LogP contribution in [0.1, 0.15) is 0 Å². The molecule has 0 fully saturated rings. The van der Waals surface area contributed by atoms with Gasteiger partial charge in [-0.15, -0.1) is 11.8 Å². The van der Waals surface area contributed by atoms with Crippen molar-refractivity contribution in [3.63, 3.8) is 0 Å². The number of thioether (sulfide) groups is 2. The van der Waals surface area contributed by atoms with Crippen LogP contribution in [0.4, 0.5) is 0 Å². The van der Waals surface area contributed by atoms with Gasteiger partial charge in [-0.3, -0.25) is 4.99 Å². The number of hydrogen-bond acceptors (Lipinski definition) is 3. The lowest BCUT2D eigenvalue weighted by Gasteiger charge is -2.00. The fourth-order valence-corrected chi connectivity index (χ4v) is 2.16. The summed E-state index contributed by atoms with van der Waals surface area (Å²) >= 11 is 3.38. The monoisotopic (exact) mass is 197 g/mol. The number of nitrogens with zero attached hydrogens (tertiary/aromatic N) is 1. The molecule has 64 valence electrons. The van der Waals surface area contributed by atoms with E-state index in [1.54, 1.807) is 23.5 Å². The second-order valence-electron chi connectivity index (χ2n) is 2.11. The van der Waals surface area contributed by atoms with Gasteiger partial charge >= 0.3 is 0 Å². The summed E-state index contributed by atoms with van der Waals surface area (Å²) in [7, 11) is 1.82. The summed E-state index contributed by atoms with van der Waals surface area (Å²) in [6.45, 7) is 0. The van der Waals surface area contributed by atoms with Crippen molar-refractivity contribution in [2.24, 2.45) is 4.99 Å². The van der Waals surface area contributed by atoms with E-state index in [2.05, 4.69) is 17.1 Å². The van der Waals surface area contributed by atoms with Crippen molar-refractivity contribution >= 4 is 27.9 Å². The molecule has 0 spiro atoms. The first-order valence-corrected chi connectivity index (χ1v) is 5.64. The van der Waals surface area contributed by atoms with E-state index in [0.29, 0.717) is 0 Å². The van der Waals surface area contributed by atoms with Gasteiger partial charge in [0.15, 0.2) is 0 Å². The average Bonchev–Trinajstić information content (AvgIpc) is 2.16. The Morgan fingerprint density at radius 3 is 2.42 bits per heavy atom. The van der Waals surface area contributed by atoms with Crippen LogP contribution in [0.25, 0.3) is 0 Å². The van der Waals surface area contributed by atoms with Gasteiger partial charge in [0.25, 0.3) is 0 Å². The molecule has 0 aliphatic carbocycles. The molecule has 1 rings (SSSR count). The van der Waals surface area contributed by atoms with E-state index in [4.69, 9.17) is 0 Å². The van der Waals surface area contributed by atoms with Crippen LogP contribution in [-0.4, -0.2) is 17.7 Å². The quantitative estimate of drug-likeness (QED) is 0.389. The maximum Gasteiger partial charge on any atom is 0.128 e. The molecule has 0 aliphatic heterocycles. The highest BCUT2D eigenvalue weighted by Gasteiger charge is 1.97. The van der Waals surface area contributed by atoms with Crippen LogP contribution < -0.4 is 0 Å². The molecule has 0 saturated carbocycles. The molecule has 0 atom stereocenters. The molecule has 1 aromatic carbocycles. The Bertz CT molecular complexity index is 256. The van der Waals surface area contributed by atoms with Crippen LogP contribution in [0.15, 0.2) is 40.2 Å². The minimum atomic E-state index is 1.10. The fourth-order valence-electron chi connectivity index (χ4n) is 0.768. The molecular weight excluding hydrogens is 186 g/mol. The van der Waals surface area contributed by atoms with Gasteiger partial charge in [-0.25, -0.2) is 0 Å². The van der Waals surface area contributed by atoms with Crippen LogP contribution >= 0.6 is 23.5 Å². The van der Waals surface area contributed by atoms with Crippen LogP contribution in [-0.2, 0) is 0 Å². The SMILES string of the molecule is CN=C(SC)Sc1ccccc1. The van der Waals surface area contributed by atoms with Gasteiger partial charge in [-0.2, -0.15) is 0 Å². The van der Waals surface area contributed by atoms with Gasteiger partial charge < -0.3 is 0 Å². The fraction of sp³-hybridized carbons (Fsp3) is 0.222. The number of benzene rings is 1. The molecule has 1 aromatic rings. The van der Waals surface area contributed by atoms with E-state index in [1.165, 1.54) is 4.90 Å². The van der Waals surface area contributed by atoms with Crippen molar-refractivity contribution in [2.45, 2.75) is 4.90 Å². The second kappa shape index (κ2) is 5.27. The Kier molecular flexibility index (Phi) is 4.25. The van der Waals surface area contributed by atoms with Gasteiger partial charge in [0.1, 0.15) is 4.38 Å². The Morgan fingerprint density at radius 1 is 1.25 bits per heavy atom. The first-order chi connectivity index (χ1) is 5.86. The smallest absolute Gasteiger partial charge is 0.128 e. The van der Waals surface area contributed by atoms with Gasteiger partial charge in [-0.05, 0) is 18.4 Å². The van der Waals surface area contributed by atoms with Gasteiger partial charge in [-0.1, -0.05) is 30.0 Å². The summed E-state index contributed by atoms with van der Waals surface area (Å²) in [5, 5.41) is 0. The van der Waals surface area contributed by atoms with Crippen molar-refractivity contribution in [3.8, 4) is 0 Å². The Labute approximate surface area is 81.7 Å². The molecule has 12 heavy (non-hydrogen) atoms. The van der Waals surface area contributed by atoms with E-state index < -0.39 is 0 Å². The largest absolute Gasteiger partial charge is 0.275 e. The van der Waals surface area contributed by atoms with Gasteiger partial charge in [0.05, 0.1) is 0 Å². The van der Waals surface area contributed by atoms with Gasteiger partial charge in [0.2, 0.25) is 0 Å². The summed E-state index contributed by atoms with van der Waals surface area (Å²) in [6.07, 6.45) is 2.04. The van der Waals surface area contributed by atoms with E-state index in [1.807, 2.05) is 31.5 Å².